The summed E-state index contributed by atoms with van der Waals surface area (Å²) in [5.74, 6) is -1.02. The largest absolute Gasteiger partial charge is 0.461 e. The van der Waals surface area contributed by atoms with Gasteiger partial charge in [0.2, 0.25) is 0 Å². The molecule has 0 N–H and O–H groups in total. The summed E-state index contributed by atoms with van der Waals surface area (Å²) < 4.78 is 4.61. The zero-order chi connectivity index (χ0) is 10.4. The molecule has 0 aliphatic heterocycles. The Balaban J connectivity index is 4.41. The van der Waals surface area contributed by atoms with E-state index in [4.69, 9.17) is 0 Å². The van der Waals surface area contributed by atoms with Gasteiger partial charge >= 0.3 is 12.0 Å². The fourth-order valence-electron chi connectivity index (χ4n) is 0.977. The smallest absolute Gasteiger partial charge is 0.381 e. The van der Waals surface area contributed by atoms with Gasteiger partial charge in [-0.3, -0.25) is 10.1 Å². The summed E-state index contributed by atoms with van der Waals surface area (Å²) in [7, 11) is 0. The average Bonchev–Trinajstić information content (AvgIpc) is 2.04. The van der Waals surface area contributed by atoms with Crippen molar-refractivity contribution in [3.8, 4) is 0 Å². The third-order valence-electron chi connectivity index (χ3n) is 1.94. The van der Waals surface area contributed by atoms with Crippen LogP contribution in [0.2, 0.25) is 0 Å². The molecule has 0 saturated carbocycles. The van der Waals surface area contributed by atoms with Crippen LogP contribution in [0.4, 0.5) is 0 Å². The Bertz CT molecular complexity index is 193. The zero-order valence-corrected chi connectivity index (χ0v) is 8.15. The van der Waals surface area contributed by atoms with E-state index in [-0.39, 0.29) is 12.5 Å². The lowest BCUT2D eigenvalue weighted by molar-refractivity contribution is -0.519. The van der Waals surface area contributed by atoms with E-state index in [2.05, 4.69) is 4.74 Å². The van der Waals surface area contributed by atoms with Crippen molar-refractivity contribution in [2.45, 2.75) is 33.2 Å². The van der Waals surface area contributed by atoms with E-state index in [1.54, 1.807) is 20.8 Å². The molecular formula is C8H15NO4. The number of hydrogen-bond acceptors (Lipinski definition) is 4. The molecule has 0 aliphatic rings. The highest BCUT2D eigenvalue weighted by Crippen LogP contribution is 2.12. The molecule has 0 amide bonds. The fraction of sp³-hybridized carbons (Fsp3) is 0.875. The minimum absolute atomic E-state index is 0.180. The highest BCUT2D eigenvalue weighted by atomic mass is 16.6. The van der Waals surface area contributed by atoms with Gasteiger partial charge in [-0.15, -0.1) is 0 Å². The molecule has 0 aliphatic carbocycles. The van der Waals surface area contributed by atoms with Gasteiger partial charge in [-0.25, -0.2) is 4.79 Å². The summed E-state index contributed by atoms with van der Waals surface area (Å²) in [6, 6.07) is -1.22. The van der Waals surface area contributed by atoms with Gasteiger partial charge in [-0.1, -0.05) is 13.8 Å². The Hall–Kier alpha value is -1.13. The first-order valence-corrected chi connectivity index (χ1v) is 4.34. The number of esters is 1. The Morgan fingerprint density at radius 2 is 2.08 bits per heavy atom. The number of nitro groups is 1. The first-order valence-electron chi connectivity index (χ1n) is 4.34. The van der Waals surface area contributed by atoms with Crippen molar-refractivity contribution >= 4 is 5.97 Å². The lowest BCUT2D eigenvalue weighted by Gasteiger charge is -2.13. The highest BCUT2D eigenvalue weighted by molar-refractivity contribution is 5.74. The summed E-state index contributed by atoms with van der Waals surface area (Å²) in [6.45, 7) is 5.29. The van der Waals surface area contributed by atoms with Crippen molar-refractivity contribution in [3.63, 3.8) is 0 Å². The van der Waals surface area contributed by atoms with E-state index in [9.17, 15) is 14.9 Å². The number of carbonyl (C=O) groups is 1. The molecule has 0 aromatic heterocycles. The monoisotopic (exact) mass is 189 g/mol. The molecular weight excluding hydrogens is 174 g/mol. The maximum absolute atomic E-state index is 11.1. The second-order valence-electron chi connectivity index (χ2n) is 2.87. The van der Waals surface area contributed by atoms with Crippen LogP contribution in [0.3, 0.4) is 0 Å². The summed E-state index contributed by atoms with van der Waals surface area (Å²) >= 11 is 0. The van der Waals surface area contributed by atoms with Gasteiger partial charge in [0.25, 0.3) is 0 Å². The van der Waals surface area contributed by atoms with Gasteiger partial charge in [-0.2, -0.15) is 0 Å². The summed E-state index contributed by atoms with van der Waals surface area (Å²) in [4.78, 5) is 21.1. The topological polar surface area (TPSA) is 69.4 Å². The minimum atomic E-state index is -1.22. The van der Waals surface area contributed by atoms with Crippen LogP contribution in [0, 0.1) is 16.0 Å². The average molecular weight is 189 g/mol. The Morgan fingerprint density at radius 1 is 1.54 bits per heavy atom. The first-order chi connectivity index (χ1) is 6.04. The third-order valence-corrected chi connectivity index (χ3v) is 1.94. The van der Waals surface area contributed by atoms with E-state index in [1.807, 2.05) is 0 Å². The van der Waals surface area contributed by atoms with Gasteiger partial charge in [0, 0.05) is 10.8 Å². The van der Waals surface area contributed by atoms with E-state index in [1.165, 1.54) is 0 Å². The Kier molecular flexibility index (Phi) is 5.03. The molecule has 0 fully saturated rings. The Morgan fingerprint density at radius 3 is 2.38 bits per heavy atom. The van der Waals surface area contributed by atoms with Crippen LogP contribution in [0.1, 0.15) is 27.2 Å². The van der Waals surface area contributed by atoms with E-state index < -0.39 is 16.9 Å². The van der Waals surface area contributed by atoms with Crippen molar-refractivity contribution in [2.24, 2.45) is 5.92 Å². The lowest BCUT2D eigenvalue weighted by atomic mass is 10.0. The molecule has 76 valence electrons. The zero-order valence-electron chi connectivity index (χ0n) is 8.15. The number of hydrogen-bond donors (Lipinski definition) is 0. The van der Waals surface area contributed by atoms with Crippen LogP contribution in [0.5, 0.6) is 0 Å². The van der Waals surface area contributed by atoms with Gasteiger partial charge in [0.05, 0.1) is 6.61 Å². The maximum Gasteiger partial charge on any atom is 0.381 e. The van der Waals surface area contributed by atoms with Gasteiger partial charge in [0.1, 0.15) is 0 Å². The van der Waals surface area contributed by atoms with Crippen LogP contribution in [-0.2, 0) is 9.53 Å². The Labute approximate surface area is 77.2 Å². The molecule has 0 aromatic rings. The molecule has 0 aromatic carbocycles. The molecule has 0 rings (SSSR count). The standard InChI is InChI=1S/C8H15NO4/c1-4-6(3)7(9(11)12)8(10)13-5-2/h6-7H,4-5H2,1-3H3. The first kappa shape index (κ1) is 11.9. The molecule has 0 radical (unpaired) electrons. The summed E-state index contributed by atoms with van der Waals surface area (Å²) in [5, 5.41) is 10.5. The molecule has 13 heavy (non-hydrogen) atoms. The second-order valence-corrected chi connectivity index (χ2v) is 2.87. The van der Waals surface area contributed by atoms with Crippen LogP contribution in [0.25, 0.3) is 0 Å². The summed E-state index contributed by atoms with van der Waals surface area (Å²) in [5.41, 5.74) is 0. The van der Waals surface area contributed by atoms with Gasteiger partial charge in [0.15, 0.2) is 0 Å². The third kappa shape index (κ3) is 3.40. The van der Waals surface area contributed by atoms with Crippen LogP contribution >= 0.6 is 0 Å². The predicted octanol–water partition coefficient (Wildman–Crippen LogP) is 1.24. The number of nitrogens with zero attached hydrogens (tertiary/aromatic N) is 1. The normalized spacial score (nSPS) is 14.7. The minimum Gasteiger partial charge on any atom is -0.461 e. The molecule has 2 atom stereocenters. The molecule has 0 saturated heterocycles. The molecule has 0 spiro atoms. The molecule has 0 bridgehead atoms. The number of rotatable bonds is 5. The van der Waals surface area contributed by atoms with Crippen LogP contribution < -0.4 is 0 Å². The second kappa shape index (κ2) is 5.50. The van der Waals surface area contributed by atoms with Crippen molar-refractivity contribution < 1.29 is 14.5 Å². The van der Waals surface area contributed by atoms with Gasteiger partial charge in [-0.05, 0) is 13.3 Å². The van der Waals surface area contributed by atoms with Gasteiger partial charge < -0.3 is 4.74 Å². The molecule has 5 nitrogen and oxygen atoms in total. The fourth-order valence-corrected chi connectivity index (χ4v) is 0.977. The highest BCUT2D eigenvalue weighted by Gasteiger charge is 2.36. The molecule has 2 unspecified atom stereocenters. The SMILES string of the molecule is CCOC(=O)C(C(C)CC)[N+](=O)[O-]. The van der Waals surface area contributed by atoms with E-state index >= 15 is 0 Å². The van der Waals surface area contributed by atoms with Crippen LogP contribution in [0.15, 0.2) is 0 Å². The van der Waals surface area contributed by atoms with E-state index in [0.29, 0.717) is 6.42 Å². The lowest BCUT2D eigenvalue weighted by Crippen LogP contribution is -2.36. The predicted molar refractivity (Wildman–Crippen MR) is 46.9 cm³/mol. The maximum atomic E-state index is 11.1. The quantitative estimate of drug-likeness (QED) is 0.370. The van der Waals surface area contributed by atoms with Crippen LogP contribution in [-0.4, -0.2) is 23.5 Å². The summed E-state index contributed by atoms with van der Waals surface area (Å²) in [6.07, 6.45) is 0.588. The molecule has 5 heteroatoms. The van der Waals surface area contributed by atoms with Crippen molar-refractivity contribution in [3.05, 3.63) is 10.1 Å². The molecule has 0 heterocycles. The number of ether oxygens (including phenoxy) is 1. The van der Waals surface area contributed by atoms with Crippen molar-refractivity contribution in [2.75, 3.05) is 6.61 Å². The van der Waals surface area contributed by atoms with E-state index in [0.717, 1.165) is 0 Å². The van der Waals surface area contributed by atoms with Crippen molar-refractivity contribution in [1.29, 1.82) is 0 Å². The van der Waals surface area contributed by atoms with Crippen molar-refractivity contribution in [1.82, 2.24) is 0 Å². The number of carbonyl (C=O) groups excluding carboxylic acids is 1.